The van der Waals surface area contributed by atoms with Gasteiger partial charge in [-0.3, -0.25) is 0 Å². The summed E-state index contributed by atoms with van der Waals surface area (Å²) in [6.45, 7) is 0. The van der Waals surface area contributed by atoms with Crippen LogP contribution < -0.4 is 4.74 Å². The third-order valence-corrected chi connectivity index (χ3v) is 3.01. The second kappa shape index (κ2) is 4.06. The van der Waals surface area contributed by atoms with Crippen molar-refractivity contribution in [3.63, 3.8) is 0 Å². The minimum Gasteiger partial charge on any atom is -0.497 e. The number of rotatable bonds is 2. The molecule has 0 aliphatic heterocycles. The first-order valence-electron chi connectivity index (χ1n) is 3.92. The van der Waals surface area contributed by atoms with Crippen LogP contribution in [0.4, 0.5) is 0 Å². The van der Waals surface area contributed by atoms with E-state index in [4.69, 9.17) is 4.74 Å². The maximum Gasteiger partial charge on any atom is 0.119 e. The monoisotopic (exact) mass is 270 g/mol. The topological polar surface area (TPSA) is 35.0 Å². The highest BCUT2D eigenvalue weighted by molar-refractivity contribution is 9.10. The first kappa shape index (κ1) is 9.61. The van der Waals surface area contributed by atoms with Gasteiger partial charge in [0.15, 0.2) is 0 Å². The van der Waals surface area contributed by atoms with E-state index < -0.39 is 0 Å². The second-order valence-electron chi connectivity index (χ2n) is 2.64. The van der Waals surface area contributed by atoms with Crippen LogP contribution in [0.2, 0.25) is 0 Å². The van der Waals surface area contributed by atoms with Gasteiger partial charge in [-0.1, -0.05) is 20.4 Å². The molecule has 0 aliphatic rings. The number of hydrogen-bond donors (Lipinski definition) is 0. The summed E-state index contributed by atoms with van der Waals surface area (Å²) in [6.07, 6.45) is 0. The van der Waals surface area contributed by atoms with Crippen LogP contribution in [-0.4, -0.2) is 16.7 Å². The number of aromatic nitrogens is 2. The largest absolute Gasteiger partial charge is 0.497 e. The Kier molecular flexibility index (Phi) is 2.79. The predicted octanol–water partition coefficient (Wildman–Crippen LogP) is 2.98. The highest BCUT2D eigenvalue weighted by Crippen LogP contribution is 2.30. The molecule has 0 unspecified atom stereocenters. The van der Waals surface area contributed by atoms with E-state index in [9.17, 15) is 0 Å². The SMILES string of the molecule is COc1ccc(Br)c(-c2csnn2)c1. The van der Waals surface area contributed by atoms with Gasteiger partial charge >= 0.3 is 0 Å². The van der Waals surface area contributed by atoms with Crippen molar-refractivity contribution in [1.29, 1.82) is 0 Å². The minimum atomic E-state index is 0.816. The van der Waals surface area contributed by atoms with Crippen LogP contribution in [-0.2, 0) is 0 Å². The molecule has 1 aromatic carbocycles. The molecule has 1 heterocycles. The van der Waals surface area contributed by atoms with Gasteiger partial charge in [0.1, 0.15) is 11.4 Å². The molecular formula is C9H7BrN2OS. The van der Waals surface area contributed by atoms with Crippen LogP contribution in [0.15, 0.2) is 28.1 Å². The van der Waals surface area contributed by atoms with E-state index >= 15 is 0 Å². The highest BCUT2D eigenvalue weighted by Gasteiger charge is 2.06. The van der Waals surface area contributed by atoms with Crippen molar-refractivity contribution in [2.75, 3.05) is 7.11 Å². The summed E-state index contributed by atoms with van der Waals surface area (Å²) < 4.78 is 9.96. The average molecular weight is 271 g/mol. The lowest BCUT2D eigenvalue weighted by Crippen LogP contribution is -1.85. The Morgan fingerprint density at radius 1 is 1.43 bits per heavy atom. The van der Waals surface area contributed by atoms with E-state index in [1.807, 2.05) is 23.6 Å². The molecule has 0 bridgehead atoms. The summed E-state index contributed by atoms with van der Waals surface area (Å²) in [5.74, 6) is 0.816. The lowest BCUT2D eigenvalue weighted by atomic mass is 10.2. The summed E-state index contributed by atoms with van der Waals surface area (Å²) in [7, 11) is 1.65. The van der Waals surface area contributed by atoms with Gasteiger partial charge in [-0.2, -0.15) is 0 Å². The van der Waals surface area contributed by atoms with E-state index in [0.717, 1.165) is 21.5 Å². The van der Waals surface area contributed by atoms with Crippen molar-refractivity contribution in [3.05, 3.63) is 28.1 Å². The number of hydrogen-bond acceptors (Lipinski definition) is 4. The van der Waals surface area contributed by atoms with Crippen molar-refractivity contribution in [3.8, 4) is 17.0 Å². The van der Waals surface area contributed by atoms with Crippen LogP contribution >= 0.6 is 27.5 Å². The molecule has 72 valence electrons. The zero-order chi connectivity index (χ0) is 9.97. The zero-order valence-corrected chi connectivity index (χ0v) is 9.80. The predicted molar refractivity (Wildman–Crippen MR) is 59.6 cm³/mol. The smallest absolute Gasteiger partial charge is 0.119 e. The van der Waals surface area contributed by atoms with Crippen LogP contribution in [0, 0.1) is 0 Å². The molecule has 0 amide bonds. The first-order valence-corrected chi connectivity index (χ1v) is 5.55. The second-order valence-corrected chi connectivity index (χ2v) is 4.10. The maximum atomic E-state index is 5.14. The summed E-state index contributed by atoms with van der Waals surface area (Å²) >= 11 is 4.80. The summed E-state index contributed by atoms with van der Waals surface area (Å²) in [5, 5.41) is 5.91. The van der Waals surface area contributed by atoms with Crippen molar-refractivity contribution in [1.82, 2.24) is 9.59 Å². The van der Waals surface area contributed by atoms with E-state index in [0.29, 0.717) is 0 Å². The van der Waals surface area contributed by atoms with Gasteiger partial charge in [-0.15, -0.1) is 5.10 Å². The van der Waals surface area contributed by atoms with E-state index in [1.165, 1.54) is 11.5 Å². The fourth-order valence-corrected chi connectivity index (χ4v) is 2.02. The Balaban J connectivity index is 2.51. The van der Waals surface area contributed by atoms with Crippen molar-refractivity contribution in [2.45, 2.75) is 0 Å². The molecule has 5 heteroatoms. The Morgan fingerprint density at radius 3 is 2.93 bits per heavy atom. The molecule has 0 spiro atoms. The van der Waals surface area contributed by atoms with Crippen molar-refractivity contribution >= 4 is 27.5 Å². The average Bonchev–Trinajstić information content (AvgIpc) is 2.71. The van der Waals surface area contributed by atoms with Crippen molar-refractivity contribution < 1.29 is 4.74 Å². The number of benzene rings is 1. The quantitative estimate of drug-likeness (QED) is 0.842. The van der Waals surface area contributed by atoms with E-state index in [-0.39, 0.29) is 0 Å². The molecule has 2 rings (SSSR count). The standard InChI is InChI=1S/C9H7BrN2OS/c1-13-6-2-3-8(10)7(4-6)9-5-14-12-11-9/h2-5H,1H3. The summed E-state index contributed by atoms with van der Waals surface area (Å²) in [5.41, 5.74) is 1.86. The molecule has 14 heavy (non-hydrogen) atoms. The summed E-state index contributed by atoms with van der Waals surface area (Å²) in [6, 6.07) is 5.77. The van der Waals surface area contributed by atoms with Crippen LogP contribution in [0.3, 0.4) is 0 Å². The number of nitrogens with zero attached hydrogens (tertiary/aromatic N) is 2. The third-order valence-electron chi connectivity index (χ3n) is 1.81. The van der Waals surface area contributed by atoms with Crippen LogP contribution in [0.1, 0.15) is 0 Å². The van der Waals surface area contributed by atoms with Gasteiger partial charge in [0.25, 0.3) is 0 Å². The van der Waals surface area contributed by atoms with Gasteiger partial charge in [0.2, 0.25) is 0 Å². The van der Waals surface area contributed by atoms with Gasteiger partial charge in [0.05, 0.1) is 7.11 Å². The molecule has 0 saturated carbocycles. The molecule has 3 nitrogen and oxygen atoms in total. The molecule has 0 atom stereocenters. The Morgan fingerprint density at radius 2 is 2.29 bits per heavy atom. The third kappa shape index (κ3) is 1.78. The molecular weight excluding hydrogens is 264 g/mol. The number of ether oxygens (including phenoxy) is 1. The lowest BCUT2D eigenvalue weighted by Gasteiger charge is -2.03. The fraction of sp³-hybridized carbons (Fsp3) is 0.111. The molecule has 0 saturated heterocycles. The highest BCUT2D eigenvalue weighted by atomic mass is 79.9. The maximum absolute atomic E-state index is 5.14. The zero-order valence-electron chi connectivity index (χ0n) is 7.40. The molecule has 0 fully saturated rings. The van der Waals surface area contributed by atoms with Crippen molar-refractivity contribution in [2.24, 2.45) is 0 Å². The lowest BCUT2D eigenvalue weighted by molar-refractivity contribution is 0.415. The fourth-order valence-electron chi connectivity index (χ4n) is 1.11. The van der Waals surface area contributed by atoms with Crippen LogP contribution in [0.25, 0.3) is 11.3 Å². The Labute approximate surface area is 94.0 Å². The van der Waals surface area contributed by atoms with Gasteiger partial charge in [0, 0.05) is 15.4 Å². The van der Waals surface area contributed by atoms with E-state index in [2.05, 4.69) is 25.5 Å². The molecule has 0 radical (unpaired) electrons. The Bertz CT molecular complexity index is 430. The summed E-state index contributed by atoms with van der Waals surface area (Å²) in [4.78, 5) is 0. The number of methoxy groups -OCH3 is 1. The minimum absolute atomic E-state index is 0.816. The molecule has 1 aromatic heterocycles. The van der Waals surface area contributed by atoms with Gasteiger partial charge in [-0.25, -0.2) is 0 Å². The number of halogens is 1. The van der Waals surface area contributed by atoms with E-state index in [1.54, 1.807) is 7.11 Å². The molecule has 0 N–H and O–H groups in total. The molecule has 2 aromatic rings. The Hall–Kier alpha value is -0.940. The first-order chi connectivity index (χ1) is 6.81. The normalized spacial score (nSPS) is 10.1. The van der Waals surface area contributed by atoms with Gasteiger partial charge < -0.3 is 4.74 Å². The van der Waals surface area contributed by atoms with Crippen LogP contribution in [0.5, 0.6) is 5.75 Å². The van der Waals surface area contributed by atoms with Gasteiger partial charge in [-0.05, 0) is 29.7 Å². The molecule has 0 aliphatic carbocycles.